The molecular formula is C20H36IN5O2S. The molecule has 9 heteroatoms. The van der Waals surface area contributed by atoms with Gasteiger partial charge in [-0.2, -0.15) is 0 Å². The molecule has 2 rings (SSSR count). The third-order valence-corrected chi connectivity index (χ3v) is 7.23. The molecule has 0 radical (unpaired) electrons. The van der Waals surface area contributed by atoms with Gasteiger partial charge in [0.15, 0.2) is 5.96 Å². The van der Waals surface area contributed by atoms with Crippen molar-refractivity contribution in [1.29, 1.82) is 0 Å². The number of sulfonamides is 1. The predicted molar refractivity (Wildman–Crippen MR) is 130 cm³/mol. The number of nitrogens with zero attached hydrogens (tertiary/aromatic N) is 3. The number of likely N-dealkylation sites (tertiary alicyclic amines) is 1. The summed E-state index contributed by atoms with van der Waals surface area (Å²) >= 11 is 0. The van der Waals surface area contributed by atoms with Gasteiger partial charge in [0, 0.05) is 46.8 Å². The van der Waals surface area contributed by atoms with Crippen molar-refractivity contribution in [3.05, 3.63) is 29.8 Å². The number of halogens is 1. The highest BCUT2D eigenvalue weighted by Gasteiger charge is 2.21. The van der Waals surface area contributed by atoms with Crippen LogP contribution in [0.4, 0.5) is 0 Å². The molecule has 1 aromatic rings. The maximum Gasteiger partial charge on any atom is 0.242 e. The molecule has 1 aliphatic heterocycles. The van der Waals surface area contributed by atoms with Gasteiger partial charge in [-0.1, -0.05) is 31.5 Å². The van der Waals surface area contributed by atoms with Crippen molar-refractivity contribution >= 4 is 40.0 Å². The zero-order valence-corrected chi connectivity index (χ0v) is 21.2. The fraction of sp³-hybridized carbons (Fsp3) is 0.650. The van der Waals surface area contributed by atoms with Gasteiger partial charge < -0.3 is 10.6 Å². The Morgan fingerprint density at radius 2 is 1.97 bits per heavy atom. The molecule has 2 N–H and O–H groups in total. The van der Waals surface area contributed by atoms with E-state index >= 15 is 0 Å². The summed E-state index contributed by atoms with van der Waals surface area (Å²) in [5, 5.41) is 6.59. The fourth-order valence-corrected chi connectivity index (χ4v) is 4.75. The van der Waals surface area contributed by atoms with Crippen LogP contribution < -0.4 is 10.6 Å². The van der Waals surface area contributed by atoms with Crippen LogP contribution in [0, 0.1) is 0 Å². The number of rotatable bonds is 8. The summed E-state index contributed by atoms with van der Waals surface area (Å²) in [6.07, 6.45) is 5.10. The molecule has 0 amide bonds. The minimum Gasteiger partial charge on any atom is -0.355 e. The topological polar surface area (TPSA) is 77.0 Å². The summed E-state index contributed by atoms with van der Waals surface area (Å²) in [6, 6.07) is 7.76. The van der Waals surface area contributed by atoms with Gasteiger partial charge in [-0.15, -0.1) is 24.0 Å². The molecule has 0 aromatic heterocycles. The van der Waals surface area contributed by atoms with Gasteiger partial charge in [0.1, 0.15) is 0 Å². The summed E-state index contributed by atoms with van der Waals surface area (Å²) < 4.78 is 26.3. The molecule has 166 valence electrons. The largest absolute Gasteiger partial charge is 0.355 e. The van der Waals surface area contributed by atoms with E-state index in [4.69, 9.17) is 0 Å². The minimum atomic E-state index is -3.48. The number of aliphatic imine (C=N–C) groups is 1. The molecule has 1 atom stereocenters. The van der Waals surface area contributed by atoms with Crippen LogP contribution in [-0.2, 0) is 16.6 Å². The third-order valence-electron chi connectivity index (χ3n) is 5.31. The Balaban J connectivity index is 0.00000420. The van der Waals surface area contributed by atoms with Crippen LogP contribution in [0.5, 0.6) is 0 Å². The van der Waals surface area contributed by atoms with Crippen LogP contribution in [-0.4, -0.2) is 70.4 Å². The van der Waals surface area contributed by atoms with E-state index in [9.17, 15) is 8.42 Å². The first kappa shape index (κ1) is 26.1. The van der Waals surface area contributed by atoms with E-state index in [0.717, 1.165) is 18.7 Å². The van der Waals surface area contributed by atoms with Crippen molar-refractivity contribution in [2.75, 3.05) is 40.8 Å². The van der Waals surface area contributed by atoms with Crippen LogP contribution in [0.3, 0.4) is 0 Å². The van der Waals surface area contributed by atoms with E-state index in [-0.39, 0.29) is 24.0 Å². The Morgan fingerprint density at radius 3 is 2.62 bits per heavy atom. The van der Waals surface area contributed by atoms with Gasteiger partial charge in [-0.05, 0) is 37.4 Å². The lowest BCUT2D eigenvalue weighted by molar-refractivity contribution is 0.147. The summed E-state index contributed by atoms with van der Waals surface area (Å²) in [5.74, 6) is 0.683. The number of guanidine groups is 1. The zero-order valence-electron chi connectivity index (χ0n) is 18.0. The Bertz CT molecular complexity index is 755. The second-order valence-electron chi connectivity index (χ2n) is 7.34. The molecule has 0 spiro atoms. The molecule has 0 saturated carbocycles. The Hall–Kier alpha value is -0.910. The monoisotopic (exact) mass is 537 g/mol. The smallest absolute Gasteiger partial charge is 0.242 e. The number of nitrogens with one attached hydrogen (secondary N) is 2. The van der Waals surface area contributed by atoms with Crippen LogP contribution in [0.25, 0.3) is 0 Å². The first-order chi connectivity index (χ1) is 13.4. The Kier molecular flexibility index (Phi) is 11.4. The fourth-order valence-electron chi connectivity index (χ4n) is 3.63. The average Bonchev–Trinajstić information content (AvgIpc) is 2.70. The normalized spacial score (nSPS) is 18.4. The van der Waals surface area contributed by atoms with Crippen molar-refractivity contribution in [3.8, 4) is 0 Å². The molecule has 29 heavy (non-hydrogen) atoms. The minimum absolute atomic E-state index is 0. The summed E-state index contributed by atoms with van der Waals surface area (Å²) in [7, 11) is 1.35. The molecule has 1 heterocycles. The highest BCUT2D eigenvalue weighted by atomic mass is 127. The van der Waals surface area contributed by atoms with Gasteiger partial charge in [-0.3, -0.25) is 9.89 Å². The van der Waals surface area contributed by atoms with Gasteiger partial charge in [0.05, 0.1) is 4.90 Å². The molecule has 7 nitrogen and oxygen atoms in total. The highest BCUT2D eigenvalue weighted by molar-refractivity contribution is 14.0. The second-order valence-corrected chi connectivity index (χ2v) is 9.46. The lowest BCUT2D eigenvalue weighted by Crippen LogP contribution is -2.45. The second kappa shape index (κ2) is 12.7. The number of hydrogen-bond acceptors (Lipinski definition) is 4. The van der Waals surface area contributed by atoms with E-state index in [1.165, 1.54) is 36.5 Å². The van der Waals surface area contributed by atoms with Gasteiger partial charge in [0.2, 0.25) is 10.0 Å². The SMILES string of the molecule is CCC1CCCCN1CCNC(=NC)NCc1ccccc1S(=O)(=O)N(C)C.I. The van der Waals surface area contributed by atoms with Crippen LogP contribution in [0.1, 0.15) is 38.2 Å². The quantitative estimate of drug-likeness (QED) is 0.303. The van der Waals surface area contributed by atoms with Crippen molar-refractivity contribution in [2.24, 2.45) is 4.99 Å². The predicted octanol–water partition coefficient (Wildman–Crippen LogP) is 2.48. The summed E-state index contributed by atoms with van der Waals surface area (Å²) in [5.41, 5.74) is 0.723. The molecule has 0 bridgehead atoms. The van der Waals surface area contributed by atoms with E-state index < -0.39 is 10.0 Å². The van der Waals surface area contributed by atoms with Gasteiger partial charge >= 0.3 is 0 Å². The molecule has 1 aliphatic rings. The third kappa shape index (κ3) is 7.37. The molecule has 1 saturated heterocycles. The van der Waals surface area contributed by atoms with Crippen LogP contribution in [0.15, 0.2) is 34.2 Å². The average molecular weight is 538 g/mol. The van der Waals surface area contributed by atoms with Gasteiger partial charge in [0.25, 0.3) is 0 Å². The highest BCUT2D eigenvalue weighted by Crippen LogP contribution is 2.19. The molecule has 1 unspecified atom stereocenters. The zero-order chi connectivity index (χ0) is 20.6. The molecule has 0 aliphatic carbocycles. The van der Waals surface area contributed by atoms with Crippen molar-refractivity contribution in [3.63, 3.8) is 0 Å². The number of benzene rings is 1. The first-order valence-electron chi connectivity index (χ1n) is 10.1. The summed E-state index contributed by atoms with van der Waals surface area (Å²) in [6.45, 7) is 5.63. The number of hydrogen-bond donors (Lipinski definition) is 2. The molecule has 1 fully saturated rings. The maximum atomic E-state index is 12.5. The summed E-state index contributed by atoms with van der Waals surface area (Å²) in [4.78, 5) is 7.15. The molecular weight excluding hydrogens is 501 g/mol. The van der Waals surface area contributed by atoms with E-state index in [2.05, 4.69) is 27.4 Å². The van der Waals surface area contributed by atoms with Crippen molar-refractivity contribution < 1.29 is 8.42 Å². The lowest BCUT2D eigenvalue weighted by atomic mass is 10.0. The van der Waals surface area contributed by atoms with E-state index in [1.54, 1.807) is 33.3 Å². The lowest BCUT2D eigenvalue weighted by Gasteiger charge is -2.35. The van der Waals surface area contributed by atoms with Crippen LogP contribution >= 0.6 is 24.0 Å². The Labute approximate surface area is 193 Å². The van der Waals surface area contributed by atoms with Gasteiger partial charge in [-0.25, -0.2) is 12.7 Å². The van der Waals surface area contributed by atoms with E-state index in [1.807, 2.05) is 12.1 Å². The number of piperidine rings is 1. The van der Waals surface area contributed by atoms with Crippen LogP contribution in [0.2, 0.25) is 0 Å². The molecule has 1 aromatic carbocycles. The van der Waals surface area contributed by atoms with E-state index in [0.29, 0.717) is 23.4 Å². The maximum absolute atomic E-state index is 12.5. The first-order valence-corrected chi connectivity index (χ1v) is 11.5. The standard InChI is InChI=1S/C20H35N5O2S.HI/c1-5-18-11-8-9-14-25(18)15-13-22-20(21-2)23-16-17-10-6-7-12-19(17)28(26,27)24(3)4;/h6-7,10,12,18H,5,8-9,11,13-16H2,1-4H3,(H2,21,22,23);1H. The van der Waals surface area contributed by atoms with Crippen molar-refractivity contribution in [2.45, 2.75) is 50.1 Å². The van der Waals surface area contributed by atoms with Crippen molar-refractivity contribution in [1.82, 2.24) is 19.8 Å². The Morgan fingerprint density at radius 1 is 1.24 bits per heavy atom.